The number of benzene rings is 1. The maximum atomic E-state index is 12.4. The lowest BCUT2D eigenvalue weighted by molar-refractivity contribution is -0.144. The van der Waals surface area contributed by atoms with E-state index < -0.39 is 17.3 Å². The monoisotopic (exact) mass is 356 g/mol. The first-order valence-corrected chi connectivity index (χ1v) is 8.53. The third-order valence-corrected chi connectivity index (χ3v) is 4.83. The van der Waals surface area contributed by atoms with Crippen LogP contribution in [-0.4, -0.2) is 41.4 Å². The summed E-state index contributed by atoms with van der Waals surface area (Å²) in [6.07, 6.45) is 0.0850. The number of ether oxygens (including phenoxy) is 1. The van der Waals surface area contributed by atoms with Crippen molar-refractivity contribution in [2.24, 2.45) is 5.73 Å². The third kappa shape index (κ3) is 4.25. The average Bonchev–Trinajstić information content (AvgIpc) is 2.80. The molecule has 1 aliphatic heterocycles. The second kappa shape index (κ2) is 7.81. The summed E-state index contributed by atoms with van der Waals surface area (Å²) in [7, 11) is 0. The maximum Gasteiger partial charge on any atom is 0.323 e. The highest BCUT2D eigenvalue weighted by atomic mass is 35.5. The minimum atomic E-state index is -0.813. The van der Waals surface area contributed by atoms with Gasteiger partial charge in [0.25, 0.3) is 0 Å². The van der Waals surface area contributed by atoms with Crippen LogP contribution in [0.5, 0.6) is 0 Å². The van der Waals surface area contributed by atoms with Crippen LogP contribution in [0.2, 0.25) is 5.02 Å². The quantitative estimate of drug-likeness (QED) is 0.615. The number of halogens is 1. The fourth-order valence-corrected chi connectivity index (χ4v) is 3.34. The van der Waals surface area contributed by atoms with Crippen LogP contribution >= 0.6 is 23.4 Å². The van der Waals surface area contributed by atoms with Crippen LogP contribution in [0.25, 0.3) is 0 Å². The molecular weight excluding hydrogens is 340 g/mol. The van der Waals surface area contributed by atoms with Crippen molar-refractivity contribution in [3.63, 3.8) is 0 Å². The Bertz CT molecular complexity index is 608. The van der Waals surface area contributed by atoms with Gasteiger partial charge in [0.05, 0.1) is 17.5 Å². The smallest absolute Gasteiger partial charge is 0.323 e. The summed E-state index contributed by atoms with van der Waals surface area (Å²) in [5.41, 5.74) is 6.19. The molecule has 2 amide bonds. The summed E-state index contributed by atoms with van der Waals surface area (Å²) >= 11 is 7.01. The van der Waals surface area contributed by atoms with Crippen LogP contribution < -0.4 is 10.6 Å². The molecule has 0 aromatic heterocycles. The van der Waals surface area contributed by atoms with E-state index in [2.05, 4.69) is 0 Å². The second-order valence-electron chi connectivity index (χ2n) is 4.93. The number of nitrogens with zero attached hydrogens (tertiary/aromatic N) is 1. The summed E-state index contributed by atoms with van der Waals surface area (Å²) in [5.74, 6) is -0.874. The predicted octanol–water partition coefficient (Wildman–Crippen LogP) is 1.60. The molecule has 0 spiro atoms. The van der Waals surface area contributed by atoms with Gasteiger partial charge in [-0.2, -0.15) is 0 Å². The van der Waals surface area contributed by atoms with Crippen LogP contribution in [0.1, 0.15) is 13.3 Å². The highest BCUT2D eigenvalue weighted by Crippen LogP contribution is 2.30. The zero-order valence-electron chi connectivity index (χ0n) is 12.5. The highest BCUT2D eigenvalue weighted by molar-refractivity contribution is 8.00. The lowest BCUT2D eigenvalue weighted by atomic mass is 10.3. The predicted molar refractivity (Wildman–Crippen MR) is 89.4 cm³/mol. The molecule has 2 atom stereocenters. The number of thioether (sulfide) groups is 1. The molecule has 23 heavy (non-hydrogen) atoms. The Hall–Kier alpha value is -1.57. The van der Waals surface area contributed by atoms with Gasteiger partial charge in [-0.15, -0.1) is 11.8 Å². The van der Waals surface area contributed by atoms with E-state index in [0.29, 0.717) is 10.7 Å². The Balaban J connectivity index is 1.98. The zero-order valence-corrected chi connectivity index (χ0v) is 14.1. The van der Waals surface area contributed by atoms with E-state index in [-0.39, 0.29) is 30.6 Å². The van der Waals surface area contributed by atoms with Gasteiger partial charge in [-0.05, 0) is 31.2 Å². The number of rotatable bonds is 6. The maximum absolute atomic E-state index is 12.4. The Morgan fingerprint density at radius 3 is 2.70 bits per heavy atom. The molecule has 1 heterocycles. The third-order valence-electron chi connectivity index (χ3n) is 3.26. The first-order chi connectivity index (χ1) is 10.9. The molecule has 2 rings (SSSR count). The summed E-state index contributed by atoms with van der Waals surface area (Å²) in [6.45, 7) is 1.95. The fourth-order valence-electron chi connectivity index (χ4n) is 2.13. The average molecular weight is 357 g/mol. The molecule has 0 radical (unpaired) electrons. The van der Waals surface area contributed by atoms with Crippen LogP contribution in [0.3, 0.4) is 0 Å². The standard InChI is InChI=1S/C15H17ClN2O4S/c1-2-22-15(21)11(17)8-23-12-7-13(19)18(14(12)20)10-5-3-9(16)4-6-10/h3-6,11-12H,2,7-8,17H2,1H3/t11-,12+/m1/s1. The van der Waals surface area contributed by atoms with Crippen molar-refractivity contribution in [1.29, 1.82) is 0 Å². The van der Waals surface area contributed by atoms with E-state index in [1.807, 2.05) is 0 Å². The van der Waals surface area contributed by atoms with Crippen molar-refractivity contribution < 1.29 is 19.1 Å². The number of esters is 1. The molecule has 124 valence electrons. The van der Waals surface area contributed by atoms with Crippen molar-refractivity contribution in [3.05, 3.63) is 29.3 Å². The van der Waals surface area contributed by atoms with Gasteiger partial charge in [0.2, 0.25) is 11.8 Å². The molecule has 1 aromatic carbocycles. The number of nitrogens with two attached hydrogens (primary N) is 1. The number of carbonyl (C=O) groups excluding carboxylic acids is 3. The van der Waals surface area contributed by atoms with E-state index in [1.54, 1.807) is 31.2 Å². The SMILES string of the molecule is CCOC(=O)[C@H](N)CS[C@H]1CC(=O)N(c2ccc(Cl)cc2)C1=O. The molecule has 6 nitrogen and oxygen atoms in total. The molecule has 1 fully saturated rings. The van der Waals surface area contributed by atoms with Crippen molar-refractivity contribution in [1.82, 2.24) is 0 Å². The lowest BCUT2D eigenvalue weighted by Gasteiger charge is -2.15. The fraction of sp³-hybridized carbons (Fsp3) is 0.400. The van der Waals surface area contributed by atoms with Crippen molar-refractivity contribution in [2.75, 3.05) is 17.3 Å². The Morgan fingerprint density at radius 2 is 2.09 bits per heavy atom. The van der Waals surface area contributed by atoms with Gasteiger partial charge in [0.1, 0.15) is 6.04 Å². The van der Waals surface area contributed by atoms with Gasteiger partial charge in [-0.1, -0.05) is 11.6 Å². The second-order valence-corrected chi connectivity index (χ2v) is 6.60. The van der Waals surface area contributed by atoms with Crippen molar-refractivity contribution >= 4 is 46.8 Å². The van der Waals surface area contributed by atoms with Gasteiger partial charge in [0, 0.05) is 17.2 Å². The molecule has 2 N–H and O–H groups in total. The van der Waals surface area contributed by atoms with Gasteiger partial charge >= 0.3 is 5.97 Å². The number of amides is 2. The van der Waals surface area contributed by atoms with Crippen LogP contribution in [0.15, 0.2) is 24.3 Å². The Morgan fingerprint density at radius 1 is 1.43 bits per heavy atom. The lowest BCUT2D eigenvalue weighted by Crippen LogP contribution is -2.36. The molecule has 1 aromatic rings. The molecule has 8 heteroatoms. The molecule has 0 aliphatic carbocycles. The van der Waals surface area contributed by atoms with E-state index in [0.717, 1.165) is 4.90 Å². The number of carbonyl (C=O) groups is 3. The molecule has 0 saturated carbocycles. The Labute approximate surface area is 143 Å². The summed E-state index contributed by atoms with van der Waals surface area (Å²) in [6, 6.07) is 5.67. The largest absolute Gasteiger partial charge is 0.465 e. The highest BCUT2D eigenvalue weighted by Gasteiger charge is 2.40. The Kier molecular flexibility index (Phi) is 6.04. The van der Waals surface area contributed by atoms with Gasteiger partial charge < -0.3 is 10.5 Å². The first-order valence-electron chi connectivity index (χ1n) is 7.10. The van der Waals surface area contributed by atoms with Crippen LogP contribution in [0.4, 0.5) is 5.69 Å². The number of anilines is 1. The van der Waals surface area contributed by atoms with E-state index in [4.69, 9.17) is 22.1 Å². The zero-order chi connectivity index (χ0) is 17.0. The first kappa shape index (κ1) is 17.8. The topological polar surface area (TPSA) is 89.7 Å². The van der Waals surface area contributed by atoms with Crippen molar-refractivity contribution in [2.45, 2.75) is 24.6 Å². The molecular formula is C15H17ClN2O4S. The normalized spacial score (nSPS) is 19.1. The summed E-state index contributed by atoms with van der Waals surface area (Å²) < 4.78 is 4.82. The van der Waals surface area contributed by atoms with Crippen LogP contribution in [0, 0.1) is 0 Å². The molecule has 0 unspecified atom stereocenters. The number of hydrogen-bond donors (Lipinski definition) is 1. The molecule has 1 saturated heterocycles. The van der Waals surface area contributed by atoms with E-state index >= 15 is 0 Å². The number of hydrogen-bond acceptors (Lipinski definition) is 6. The van der Waals surface area contributed by atoms with Gasteiger partial charge in [0.15, 0.2) is 0 Å². The minimum Gasteiger partial charge on any atom is -0.465 e. The summed E-state index contributed by atoms with van der Waals surface area (Å²) in [5, 5.41) is -0.0159. The minimum absolute atomic E-state index is 0.0850. The van der Waals surface area contributed by atoms with Gasteiger partial charge in [-0.3, -0.25) is 14.4 Å². The van der Waals surface area contributed by atoms with E-state index in [1.165, 1.54) is 11.8 Å². The van der Waals surface area contributed by atoms with Gasteiger partial charge in [-0.25, -0.2) is 4.90 Å². The van der Waals surface area contributed by atoms with Crippen LogP contribution in [-0.2, 0) is 19.1 Å². The van der Waals surface area contributed by atoms with E-state index in [9.17, 15) is 14.4 Å². The number of imide groups is 1. The molecule has 0 bridgehead atoms. The van der Waals surface area contributed by atoms with Crippen molar-refractivity contribution in [3.8, 4) is 0 Å². The molecule has 1 aliphatic rings. The summed E-state index contributed by atoms with van der Waals surface area (Å²) in [4.78, 5) is 37.1.